The second-order valence-corrected chi connectivity index (χ2v) is 8.35. The van der Waals surface area contributed by atoms with E-state index in [2.05, 4.69) is 6.07 Å². The number of ether oxygens (including phenoxy) is 1. The van der Waals surface area contributed by atoms with E-state index in [9.17, 15) is 13.6 Å². The van der Waals surface area contributed by atoms with Crippen molar-refractivity contribution in [2.75, 3.05) is 24.7 Å². The van der Waals surface area contributed by atoms with Crippen LogP contribution in [-0.4, -0.2) is 31.3 Å². The van der Waals surface area contributed by atoms with Crippen LogP contribution in [0.5, 0.6) is 0 Å². The third-order valence-corrected chi connectivity index (χ3v) is 6.70. The van der Waals surface area contributed by atoms with Gasteiger partial charge in [0.2, 0.25) is 0 Å². The van der Waals surface area contributed by atoms with Crippen LogP contribution < -0.4 is 4.90 Å². The summed E-state index contributed by atoms with van der Waals surface area (Å²) in [7, 11) is 0. The minimum atomic E-state index is -1.71. The molecular formula is C23H23F2NO2. The Morgan fingerprint density at radius 2 is 1.75 bits per heavy atom. The molecule has 0 atom stereocenters. The summed E-state index contributed by atoms with van der Waals surface area (Å²) in [5, 5.41) is 0. The maximum Gasteiger partial charge on any atom is 0.264 e. The SMILES string of the molecule is O=C(N1CC2(CCOCC2)c2cc(-c3cccc(F)c3)ccc21)C1(F)CCC1. The average molecular weight is 383 g/mol. The first-order chi connectivity index (χ1) is 13.5. The summed E-state index contributed by atoms with van der Waals surface area (Å²) >= 11 is 0. The van der Waals surface area contributed by atoms with Crippen LogP contribution in [0.3, 0.4) is 0 Å². The Morgan fingerprint density at radius 1 is 1.00 bits per heavy atom. The van der Waals surface area contributed by atoms with Crippen LogP contribution in [0.4, 0.5) is 14.5 Å². The van der Waals surface area contributed by atoms with Crippen LogP contribution in [0.2, 0.25) is 0 Å². The van der Waals surface area contributed by atoms with Crippen molar-refractivity contribution in [3.63, 3.8) is 0 Å². The highest BCUT2D eigenvalue weighted by Gasteiger charge is 2.53. The molecule has 2 aromatic carbocycles. The number of benzene rings is 2. The van der Waals surface area contributed by atoms with Crippen LogP contribution in [0.1, 0.15) is 37.7 Å². The van der Waals surface area contributed by atoms with Gasteiger partial charge in [-0.05, 0) is 73.1 Å². The molecule has 0 unspecified atom stereocenters. The van der Waals surface area contributed by atoms with Gasteiger partial charge in [-0.1, -0.05) is 18.2 Å². The third-order valence-electron chi connectivity index (χ3n) is 6.70. The van der Waals surface area contributed by atoms with Gasteiger partial charge < -0.3 is 9.64 Å². The van der Waals surface area contributed by atoms with Crippen LogP contribution in [-0.2, 0) is 14.9 Å². The van der Waals surface area contributed by atoms with Gasteiger partial charge in [-0.3, -0.25) is 4.79 Å². The molecule has 5 rings (SSSR count). The Hall–Kier alpha value is -2.27. The van der Waals surface area contributed by atoms with Crippen molar-refractivity contribution >= 4 is 11.6 Å². The predicted molar refractivity (Wildman–Crippen MR) is 104 cm³/mol. The Kier molecular flexibility index (Phi) is 4.05. The molecule has 1 saturated carbocycles. The van der Waals surface area contributed by atoms with Gasteiger partial charge in [-0.2, -0.15) is 0 Å². The van der Waals surface area contributed by atoms with E-state index in [-0.39, 0.29) is 11.2 Å². The van der Waals surface area contributed by atoms with E-state index in [0.29, 0.717) is 32.6 Å². The fraction of sp³-hybridized carbons (Fsp3) is 0.435. The van der Waals surface area contributed by atoms with Crippen molar-refractivity contribution in [1.29, 1.82) is 0 Å². The van der Waals surface area contributed by atoms with Crippen LogP contribution in [0, 0.1) is 5.82 Å². The molecule has 5 heteroatoms. The first kappa shape index (κ1) is 17.8. The minimum absolute atomic E-state index is 0.216. The van der Waals surface area contributed by atoms with Crippen molar-refractivity contribution in [2.24, 2.45) is 0 Å². The molecule has 0 aromatic heterocycles. The average Bonchev–Trinajstić information content (AvgIpc) is 2.99. The zero-order chi connectivity index (χ0) is 19.4. The number of amides is 1. The van der Waals surface area contributed by atoms with Crippen LogP contribution in [0.15, 0.2) is 42.5 Å². The molecule has 1 saturated heterocycles. The van der Waals surface area contributed by atoms with Gasteiger partial charge in [0.15, 0.2) is 5.67 Å². The smallest absolute Gasteiger partial charge is 0.264 e. The lowest BCUT2D eigenvalue weighted by Crippen LogP contribution is -2.51. The van der Waals surface area contributed by atoms with Gasteiger partial charge in [-0.15, -0.1) is 0 Å². The molecule has 2 aromatic rings. The second-order valence-electron chi connectivity index (χ2n) is 8.35. The lowest BCUT2D eigenvalue weighted by atomic mass is 9.75. The summed E-state index contributed by atoms with van der Waals surface area (Å²) in [6.45, 7) is 1.77. The number of anilines is 1. The number of halogens is 2. The summed E-state index contributed by atoms with van der Waals surface area (Å²) in [6.07, 6.45) is 3.00. The van der Waals surface area contributed by atoms with Crippen molar-refractivity contribution in [3.8, 4) is 11.1 Å². The highest BCUT2D eigenvalue weighted by Crippen LogP contribution is 2.50. The van der Waals surface area contributed by atoms with E-state index in [4.69, 9.17) is 4.74 Å². The first-order valence-electron chi connectivity index (χ1n) is 10.0. The summed E-state index contributed by atoms with van der Waals surface area (Å²) in [6, 6.07) is 12.4. The molecule has 1 amide bonds. The molecular weight excluding hydrogens is 360 g/mol. The van der Waals surface area contributed by atoms with Gasteiger partial charge in [0, 0.05) is 30.9 Å². The maximum atomic E-state index is 14.9. The topological polar surface area (TPSA) is 29.5 Å². The zero-order valence-corrected chi connectivity index (χ0v) is 15.7. The lowest BCUT2D eigenvalue weighted by molar-refractivity contribution is -0.135. The standard InChI is InChI=1S/C23H23F2NO2/c24-18-4-1-3-16(13-18)17-5-6-20-19(14-17)22(9-11-28-12-10-22)15-26(20)21(27)23(25)7-2-8-23/h1,3-6,13-14H,2,7-12,15H2. The first-order valence-corrected chi connectivity index (χ1v) is 10.0. The van der Waals surface area contributed by atoms with Crippen molar-refractivity contribution in [3.05, 3.63) is 53.8 Å². The normalized spacial score (nSPS) is 22.0. The maximum absolute atomic E-state index is 14.9. The number of nitrogens with zero attached hydrogens (tertiary/aromatic N) is 1. The Labute approximate surface area is 163 Å². The van der Waals surface area contributed by atoms with E-state index in [1.165, 1.54) is 12.1 Å². The summed E-state index contributed by atoms with van der Waals surface area (Å²) in [4.78, 5) is 14.7. The van der Waals surface area contributed by atoms with Crippen molar-refractivity contribution in [1.82, 2.24) is 0 Å². The Bertz CT molecular complexity index is 932. The third kappa shape index (κ3) is 2.67. The van der Waals surface area contributed by atoms with Gasteiger partial charge in [0.1, 0.15) is 5.82 Å². The molecule has 1 aliphatic carbocycles. The minimum Gasteiger partial charge on any atom is -0.381 e. The molecule has 28 heavy (non-hydrogen) atoms. The second kappa shape index (κ2) is 6.38. The monoisotopic (exact) mass is 383 g/mol. The number of alkyl halides is 1. The molecule has 0 N–H and O–H groups in total. The molecule has 0 bridgehead atoms. The van der Waals surface area contributed by atoms with Gasteiger partial charge >= 0.3 is 0 Å². The molecule has 2 fully saturated rings. The summed E-state index contributed by atoms with van der Waals surface area (Å²) in [5.74, 6) is -0.679. The zero-order valence-electron chi connectivity index (χ0n) is 15.7. The van der Waals surface area contributed by atoms with E-state index >= 15 is 0 Å². The number of hydrogen-bond acceptors (Lipinski definition) is 2. The lowest BCUT2D eigenvalue weighted by Gasteiger charge is -2.37. The molecule has 146 valence electrons. The van der Waals surface area contributed by atoms with Crippen molar-refractivity contribution in [2.45, 2.75) is 43.2 Å². The van der Waals surface area contributed by atoms with Gasteiger partial charge in [-0.25, -0.2) is 8.78 Å². The van der Waals surface area contributed by atoms with Crippen molar-refractivity contribution < 1.29 is 18.3 Å². The summed E-state index contributed by atoms with van der Waals surface area (Å²) < 4.78 is 34.2. The van der Waals surface area contributed by atoms with E-state index in [1.807, 2.05) is 18.2 Å². The largest absolute Gasteiger partial charge is 0.381 e. The number of rotatable bonds is 2. The fourth-order valence-electron chi connectivity index (χ4n) is 4.83. The predicted octanol–water partition coefficient (Wildman–Crippen LogP) is 4.78. The van der Waals surface area contributed by atoms with E-state index < -0.39 is 11.6 Å². The Morgan fingerprint density at radius 3 is 2.43 bits per heavy atom. The Balaban J connectivity index is 1.59. The molecule has 3 aliphatic rings. The quantitative estimate of drug-likeness (QED) is 0.747. The molecule has 3 nitrogen and oxygen atoms in total. The van der Waals surface area contributed by atoms with Crippen LogP contribution in [0.25, 0.3) is 11.1 Å². The molecule has 2 heterocycles. The highest BCUT2D eigenvalue weighted by molar-refractivity contribution is 6.02. The van der Waals surface area contributed by atoms with Gasteiger partial charge in [0.05, 0.1) is 0 Å². The van der Waals surface area contributed by atoms with E-state index in [1.54, 1.807) is 11.0 Å². The highest BCUT2D eigenvalue weighted by atomic mass is 19.1. The van der Waals surface area contributed by atoms with Gasteiger partial charge in [0.25, 0.3) is 5.91 Å². The molecule has 2 aliphatic heterocycles. The van der Waals surface area contributed by atoms with E-state index in [0.717, 1.165) is 41.6 Å². The molecule has 0 radical (unpaired) electrons. The number of hydrogen-bond donors (Lipinski definition) is 0. The van der Waals surface area contributed by atoms with Crippen LogP contribution >= 0.6 is 0 Å². The number of fused-ring (bicyclic) bond motifs is 2. The fourth-order valence-corrected chi connectivity index (χ4v) is 4.83. The summed E-state index contributed by atoms with van der Waals surface area (Å²) in [5.41, 5.74) is 1.65. The number of carbonyl (C=O) groups excluding carboxylic acids is 1. The molecule has 1 spiro atoms. The number of carbonyl (C=O) groups is 1.